The van der Waals surface area contributed by atoms with Crippen LogP contribution < -0.4 is 0 Å². The van der Waals surface area contributed by atoms with Gasteiger partial charge in [-0.15, -0.1) is 0 Å². The van der Waals surface area contributed by atoms with Gasteiger partial charge in [-0.2, -0.15) is 0 Å². The average Bonchev–Trinajstić information content (AvgIpc) is 2.26. The summed E-state index contributed by atoms with van der Waals surface area (Å²) in [4.78, 5) is 11.4. The molecule has 1 aromatic carbocycles. The summed E-state index contributed by atoms with van der Waals surface area (Å²) in [5, 5.41) is 10.1. The summed E-state index contributed by atoms with van der Waals surface area (Å²) >= 11 is 3.34. The number of esters is 1. The largest absolute Gasteiger partial charge is 0.457 e. The molecule has 19 heavy (non-hydrogen) atoms. The van der Waals surface area contributed by atoms with Crippen LogP contribution in [0.4, 0.5) is 0 Å². The third kappa shape index (κ3) is 3.81. The minimum Gasteiger partial charge on any atom is -0.457 e. The molecule has 5 heteroatoms. The molecule has 0 fully saturated rings. The molecule has 102 valence electrons. The zero-order valence-corrected chi connectivity index (χ0v) is 12.3. The van der Waals surface area contributed by atoms with Gasteiger partial charge in [-0.1, -0.05) is 28.1 Å². The van der Waals surface area contributed by atoms with Crippen LogP contribution in [-0.2, 0) is 14.3 Å². The van der Waals surface area contributed by atoms with Crippen LogP contribution in [0.1, 0.15) is 31.9 Å². The number of hydrogen-bond donors (Lipinski definition) is 1. The molecule has 1 aliphatic rings. The Balaban J connectivity index is 2.08. The summed E-state index contributed by atoms with van der Waals surface area (Å²) in [7, 11) is 0. The molecular formula is C14H15BrO4. The second kappa shape index (κ2) is 5.35. The predicted molar refractivity (Wildman–Crippen MR) is 73.1 cm³/mol. The smallest absolute Gasteiger partial charge is 0.337 e. The maximum absolute atomic E-state index is 11.4. The van der Waals surface area contributed by atoms with E-state index in [1.165, 1.54) is 6.08 Å². The van der Waals surface area contributed by atoms with E-state index in [1.807, 2.05) is 24.3 Å². The van der Waals surface area contributed by atoms with Gasteiger partial charge in [0.25, 0.3) is 0 Å². The molecule has 2 rings (SSSR count). The third-order valence-electron chi connectivity index (χ3n) is 2.65. The van der Waals surface area contributed by atoms with Crippen molar-refractivity contribution in [3.8, 4) is 0 Å². The van der Waals surface area contributed by atoms with Gasteiger partial charge in [-0.25, -0.2) is 4.79 Å². The molecule has 0 aliphatic carbocycles. The van der Waals surface area contributed by atoms with Gasteiger partial charge >= 0.3 is 5.97 Å². The number of ether oxygens (including phenoxy) is 2. The zero-order valence-electron chi connectivity index (χ0n) is 10.7. The Morgan fingerprint density at radius 3 is 2.47 bits per heavy atom. The quantitative estimate of drug-likeness (QED) is 0.867. The fourth-order valence-electron chi connectivity index (χ4n) is 1.86. The monoisotopic (exact) mass is 326 g/mol. The van der Waals surface area contributed by atoms with Gasteiger partial charge in [0.2, 0.25) is 5.79 Å². The number of cyclic esters (lactones) is 1. The first kappa shape index (κ1) is 14.1. The number of carbonyl (C=O) groups excluding carboxylic acids is 1. The highest BCUT2D eigenvalue weighted by atomic mass is 79.9. The van der Waals surface area contributed by atoms with Gasteiger partial charge in [-0.3, -0.25) is 0 Å². The number of benzene rings is 1. The normalized spacial score (nSPS) is 19.2. The Kier molecular flexibility index (Phi) is 3.96. The van der Waals surface area contributed by atoms with Crippen LogP contribution in [0.2, 0.25) is 0 Å². The number of hydrogen-bond acceptors (Lipinski definition) is 4. The zero-order chi connectivity index (χ0) is 14.0. The second-order valence-corrected chi connectivity index (χ2v) is 5.72. The first-order valence-electron chi connectivity index (χ1n) is 5.92. The van der Waals surface area contributed by atoms with Crippen LogP contribution in [0.5, 0.6) is 0 Å². The van der Waals surface area contributed by atoms with Gasteiger partial charge in [-0.05, 0) is 17.7 Å². The molecule has 0 amide bonds. The van der Waals surface area contributed by atoms with Crippen molar-refractivity contribution >= 4 is 21.9 Å². The maximum Gasteiger partial charge on any atom is 0.337 e. The minimum atomic E-state index is -0.986. The van der Waals surface area contributed by atoms with Crippen LogP contribution in [0.15, 0.2) is 40.6 Å². The summed E-state index contributed by atoms with van der Waals surface area (Å²) in [5.74, 6) is -1.01. The Hall–Kier alpha value is -1.33. The summed E-state index contributed by atoms with van der Waals surface area (Å²) in [6.45, 7) is 3.31. The summed E-state index contributed by atoms with van der Waals surface area (Å²) in [6.07, 6.45) is 0.786. The first-order chi connectivity index (χ1) is 8.85. The highest BCUT2D eigenvalue weighted by Gasteiger charge is 2.30. The number of halogens is 1. The molecule has 0 saturated carbocycles. The molecular weight excluding hydrogens is 312 g/mol. The lowest BCUT2D eigenvalue weighted by molar-refractivity contribution is -0.206. The van der Waals surface area contributed by atoms with Crippen LogP contribution in [-0.4, -0.2) is 16.9 Å². The van der Waals surface area contributed by atoms with Gasteiger partial charge < -0.3 is 14.6 Å². The van der Waals surface area contributed by atoms with E-state index in [4.69, 9.17) is 9.47 Å². The Bertz CT molecular complexity index is 505. The molecule has 0 aromatic heterocycles. The van der Waals surface area contributed by atoms with Crippen molar-refractivity contribution in [3.05, 3.63) is 46.1 Å². The van der Waals surface area contributed by atoms with E-state index in [0.29, 0.717) is 5.76 Å². The van der Waals surface area contributed by atoms with Crippen molar-refractivity contribution in [2.45, 2.75) is 32.2 Å². The van der Waals surface area contributed by atoms with E-state index in [9.17, 15) is 9.90 Å². The molecule has 1 aromatic rings. The van der Waals surface area contributed by atoms with Crippen molar-refractivity contribution in [3.63, 3.8) is 0 Å². The molecule has 1 heterocycles. The van der Waals surface area contributed by atoms with Gasteiger partial charge in [0.05, 0.1) is 12.2 Å². The molecule has 1 N–H and O–H groups in total. The van der Waals surface area contributed by atoms with Crippen molar-refractivity contribution in [2.75, 3.05) is 0 Å². The predicted octanol–water partition coefficient (Wildman–Crippen LogP) is 3.07. The van der Waals surface area contributed by atoms with Gasteiger partial charge in [0.1, 0.15) is 5.76 Å². The molecule has 4 nitrogen and oxygen atoms in total. The van der Waals surface area contributed by atoms with Gasteiger partial charge in [0, 0.05) is 24.7 Å². The van der Waals surface area contributed by atoms with Crippen molar-refractivity contribution in [1.82, 2.24) is 0 Å². The topological polar surface area (TPSA) is 55.8 Å². The van der Waals surface area contributed by atoms with Gasteiger partial charge in [0.15, 0.2) is 0 Å². The molecule has 1 unspecified atom stereocenters. The minimum absolute atomic E-state index is 0.236. The number of rotatable bonds is 3. The van der Waals surface area contributed by atoms with Crippen LogP contribution >= 0.6 is 15.9 Å². The van der Waals surface area contributed by atoms with Crippen molar-refractivity contribution in [2.24, 2.45) is 0 Å². The standard InChI is InChI=1S/C14H15BrO4/c1-14(2)18-11(8-13(17)19-14)7-12(16)9-3-5-10(15)6-4-9/h3-6,8,12,16H,7H2,1-2H3. The van der Waals surface area contributed by atoms with E-state index in [0.717, 1.165) is 10.0 Å². The summed E-state index contributed by atoms with van der Waals surface area (Å²) < 4.78 is 11.4. The Morgan fingerprint density at radius 2 is 1.89 bits per heavy atom. The Labute approximate surface area is 120 Å². The average molecular weight is 327 g/mol. The molecule has 0 spiro atoms. The third-order valence-corrected chi connectivity index (χ3v) is 3.18. The van der Waals surface area contributed by atoms with Crippen LogP contribution in [0.3, 0.4) is 0 Å². The lowest BCUT2D eigenvalue weighted by atomic mass is 10.1. The number of aliphatic hydroxyl groups excluding tert-OH is 1. The van der Waals surface area contributed by atoms with E-state index < -0.39 is 17.9 Å². The number of aliphatic hydroxyl groups is 1. The highest BCUT2D eigenvalue weighted by molar-refractivity contribution is 9.10. The summed E-state index contributed by atoms with van der Waals surface area (Å²) in [6, 6.07) is 7.35. The van der Waals surface area contributed by atoms with E-state index in [1.54, 1.807) is 13.8 Å². The van der Waals surface area contributed by atoms with Crippen molar-refractivity contribution in [1.29, 1.82) is 0 Å². The molecule has 0 bridgehead atoms. The molecule has 0 radical (unpaired) electrons. The summed E-state index contributed by atoms with van der Waals surface area (Å²) in [5.41, 5.74) is 0.768. The SMILES string of the molecule is CC1(C)OC(=O)C=C(CC(O)c2ccc(Br)cc2)O1. The number of carbonyl (C=O) groups is 1. The van der Waals surface area contributed by atoms with Crippen LogP contribution in [0, 0.1) is 0 Å². The van der Waals surface area contributed by atoms with E-state index in [-0.39, 0.29) is 6.42 Å². The Morgan fingerprint density at radius 1 is 1.26 bits per heavy atom. The van der Waals surface area contributed by atoms with E-state index >= 15 is 0 Å². The lowest BCUT2D eigenvalue weighted by Gasteiger charge is -2.31. The second-order valence-electron chi connectivity index (χ2n) is 4.81. The van der Waals surface area contributed by atoms with Crippen molar-refractivity contribution < 1.29 is 19.4 Å². The lowest BCUT2D eigenvalue weighted by Crippen LogP contribution is -2.34. The molecule has 0 saturated heterocycles. The molecule has 1 aliphatic heterocycles. The van der Waals surface area contributed by atoms with Crippen LogP contribution in [0.25, 0.3) is 0 Å². The fourth-order valence-corrected chi connectivity index (χ4v) is 2.13. The first-order valence-corrected chi connectivity index (χ1v) is 6.71. The fraction of sp³-hybridized carbons (Fsp3) is 0.357. The molecule has 1 atom stereocenters. The maximum atomic E-state index is 11.4. The van der Waals surface area contributed by atoms with E-state index in [2.05, 4.69) is 15.9 Å². The highest BCUT2D eigenvalue weighted by Crippen LogP contribution is 2.29.